The fourth-order valence-electron chi connectivity index (χ4n) is 6.83. The number of rotatable bonds is 6. The van der Waals surface area contributed by atoms with E-state index >= 15 is 0 Å². The number of nitriles is 1. The van der Waals surface area contributed by atoms with Gasteiger partial charge in [-0.25, -0.2) is 9.37 Å². The highest BCUT2D eigenvalue weighted by Crippen LogP contribution is 2.50. The van der Waals surface area contributed by atoms with Crippen molar-refractivity contribution in [2.75, 3.05) is 31.1 Å². The van der Waals surface area contributed by atoms with E-state index in [2.05, 4.69) is 26.0 Å². The van der Waals surface area contributed by atoms with Gasteiger partial charge in [0.1, 0.15) is 5.82 Å². The third-order valence-corrected chi connectivity index (χ3v) is 9.71. The van der Waals surface area contributed by atoms with E-state index in [0.717, 1.165) is 42.9 Å². The monoisotopic (exact) mass is 681 g/mol. The standard InChI is InChI=1S/C34H32ClF4N7O2/c1-32(18-40)10-13-46(19-32)27-14-21(30-42-31(44-43-30)34(37,38)39)16-41-26(27)17-45-11-8-20(9-12-45)23-4-3-5-28-29(23)48-33(2,47-28)24-7-6-22(35)15-25(24)36/h3-7,14-16,20H,8-13,17,19H2,1-2H3,(H,42,43,44)/t32-,33+/m0/s1. The van der Waals surface area contributed by atoms with Crippen LogP contribution in [0.15, 0.2) is 48.7 Å². The lowest BCUT2D eigenvalue weighted by Crippen LogP contribution is -2.34. The van der Waals surface area contributed by atoms with E-state index in [1.54, 1.807) is 25.1 Å². The predicted molar refractivity (Wildman–Crippen MR) is 169 cm³/mol. The van der Waals surface area contributed by atoms with Crippen molar-refractivity contribution in [3.63, 3.8) is 0 Å². The number of aromatic amines is 1. The third-order valence-electron chi connectivity index (χ3n) is 9.48. The van der Waals surface area contributed by atoms with Crippen LogP contribution in [0.25, 0.3) is 11.4 Å². The van der Waals surface area contributed by atoms with E-state index in [4.69, 9.17) is 26.1 Å². The molecule has 14 heteroatoms. The third kappa shape index (κ3) is 6.03. The molecule has 0 aliphatic carbocycles. The maximum Gasteiger partial charge on any atom is 0.451 e. The van der Waals surface area contributed by atoms with Gasteiger partial charge in [0.2, 0.25) is 5.82 Å². The van der Waals surface area contributed by atoms with Crippen LogP contribution in [0, 0.1) is 22.6 Å². The highest BCUT2D eigenvalue weighted by molar-refractivity contribution is 6.30. The van der Waals surface area contributed by atoms with Gasteiger partial charge in [0.05, 0.1) is 28.4 Å². The molecule has 9 nitrogen and oxygen atoms in total. The Balaban J connectivity index is 1.08. The molecule has 2 atom stereocenters. The minimum absolute atomic E-state index is 0.0952. The number of nitrogens with one attached hydrogen (secondary N) is 1. The Hall–Kier alpha value is -4.41. The topological polar surface area (TPSA) is 103 Å². The number of H-pyrrole nitrogens is 1. The Morgan fingerprint density at radius 1 is 1.10 bits per heavy atom. The zero-order chi connectivity index (χ0) is 33.8. The van der Waals surface area contributed by atoms with Crippen molar-refractivity contribution in [1.82, 2.24) is 25.1 Å². The number of benzene rings is 2. The molecule has 0 saturated carbocycles. The van der Waals surface area contributed by atoms with Crippen LogP contribution < -0.4 is 14.4 Å². The van der Waals surface area contributed by atoms with Crippen LogP contribution in [0.3, 0.4) is 0 Å². The first-order valence-electron chi connectivity index (χ1n) is 15.7. The first-order chi connectivity index (χ1) is 22.8. The second kappa shape index (κ2) is 11.9. The lowest BCUT2D eigenvalue weighted by Gasteiger charge is -2.33. The van der Waals surface area contributed by atoms with E-state index in [1.807, 2.05) is 30.2 Å². The molecule has 0 amide bonds. The second-order valence-corrected chi connectivity index (χ2v) is 13.5. The molecule has 48 heavy (non-hydrogen) atoms. The summed E-state index contributed by atoms with van der Waals surface area (Å²) in [5.41, 5.74) is 2.60. The van der Waals surface area contributed by atoms with E-state index in [9.17, 15) is 22.8 Å². The number of hydrogen-bond donors (Lipinski definition) is 1. The number of alkyl halides is 3. The Morgan fingerprint density at radius 2 is 1.90 bits per heavy atom. The Kier molecular flexibility index (Phi) is 7.99. The minimum Gasteiger partial charge on any atom is -0.444 e. The highest BCUT2D eigenvalue weighted by Gasteiger charge is 2.43. The lowest BCUT2D eigenvalue weighted by atomic mass is 9.88. The number of aromatic nitrogens is 4. The number of likely N-dealkylation sites (tertiary alicyclic amines) is 1. The van der Waals surface area contributed by atoms with Gasteiger partial charge in [-0.3, -0.25) is 15.0 Å². The Morgan fingerprint density at radius 3 is 2.58 bits per heavy atom. The fourth-order valence-corrected chi connectivity index (χ4v) is 6.98. The molecule has 1 N–H and O–H groups in total. The smallest absolute Gasteiger partial charge is 0.444 e. The molecule has 0 bridgehead atoms. The summed E-state index contributed by atoms with van der Waals surface area (Å²) in [5, 5.41) is 15.8. The van der Waals surface area contributed by atoms with Crippen molar-refractivity contribution in [1.29, 1.82) is 5.26 Å². The average Bonchev–Trinajstić information content (AvgIpc) is 3.79. The van der Waals surface area contributed by atoms with E-state index < -0.39 is 29.0 Å². The van der Waals surface area contributed by atoms with Crippen molar-refractivity contribution in [3.8, 4) is 29.0 Å². The lowest BCUT2D eigenvalue weighted by molar-refractivity contribution is -0.144. The van der Waals surface area contributed by atoms with Gasteiger partial charge in [-0.1, -0.05) is 23.7 Å². The van der Waals surface area contributed by atoms with Crippen LogP contribution in [0.1, 0.15) is 61.7 Å². The summed E-state index contributed by atoms with van der Waals surface area (Å²) in [7, 11) is 0. The van der Waals surface area contributed by atoms with Crippen LogP contribution in [-0.2, 0) is 18.5 Å². The summed E-state index contributed by atoms with van der Waals surface area (Å²) in [4.78, 5) is 12.7. The van der Waals surface area contributed by atoms with Gasteiger partial charge in [0.25, 0.3) is 5.79 Å². The molecule has 2 aromatic heterocycles. The largest absolute Gasteiger partial charge is 0.451 e. The molecular formula is C34H32ClF4N7O2. The molecule has 2 saturated heterocycles. The predicted octanol–water partition coefficient (Wildman–Crippen LogP) is 7.44. The fraction of sp³-hybridized carbons (Fsp3) is 0.412. The molecule has 3 aliphatic heterocycles. The molecule has 2 fully saturated rings. The Labute approximate surface area is 279 Å². The number of para-hydroxylation sites is 1. The number of pyridine rings is 1. The van der Waals surface area contributed by atoms with Crippen LogP contribution in [0.2, 0.25) is 5.02 Å². The van der Waals surface area contributed by atoms with E-state index in [-0.39, 0.29) is 22.3 Å². The molecule has 0 spiro atoms. The van der Waals surface area contributed by atoms with Gasteiger partial charge in [-0.05, 0) is 75.5 Å². The summed E-state index contributed by atoms with van der Waals surface area (Å²) in [5.74, 6) is -1.76. The molecule has 3 aliphatic rings. The number of anilines is 1. The summed E-state index contributed by atoms with van der Waals surface area (Å²) < 4.78 is 67.0. The molecule has 4 aromatic rings. The summed E-state index contributed by atoms with van der Waals surface area (Å²) in [6, 6.07) is 14.4. The molecule has 2 aromatic carbocycles. The first kappa shape index (κ1) is 32.2. The minimum atomic E-state index is -4.65. The number of halogens is 5. The first-order valence-corrected chi connectivity index (χ1v) is 16.1. The van der Waals surface area contributed by atoms with Crippen molar-refractivity contribution >= 4 is 17.3 Å². The normalized spacial score (nSPS) is 23.1. The van der Waals surface area contributed by atoms with Crippen molar-refractivity contribution in [2.45, 2.75) is 57.5 Å². The van der Waals surface area contributed by atoms with Gasteiger partial charge in [-0.2, -0.15) is 23.5 Å². The van der Waals surface area contributed by atoms with E-state index in [1.165, 1.54) is 12.3 Å². The maximum atomic E-state index is 14.9. The molecule has 5 heterocycles. The number of fused-ring (bicyclic) bond motifs is 1. The zero-order valence-corrected chi connectivity index (χ0v) is 27.0. The van der Waals surface area contributed by atoms with Gasteiger partial charge >= 0.3 is 6.18 Å². The van der Waals surface area contributed by atoms with Gasteiger partial charge in [0, 0.05) is 48.9 Å². The van der Waals surface area contributed by atoms with Gasteiger partial charge in [-0.15, -0.1) is 0 Å². The number of nitrogens with zero attached hydrogens (tertiary/aromatic N) is 6. The summed E-state index contributed by atoms with van der Waals surface area (Å²) in [6.07, 6.45) is -0.835. The molecule has 0 unspecified atom stereocenters. The van der Waals surface area contributed by atoms with Crippen molar-refractivity contribution in [3.05, 3.63) is 82.1 Å². The van der Waals surface area contributed by atoms with Crippen molar-refractivity contribution in [2.24, 2.45) is 5.41 Å². The highest BCUT2D eigenvalue weighted by atomic mass is 35.5. The molecular weight excluding hydrogens is 650 g/mol. The SMILES string of the molecule is C[C@@]1(C#N)CCN(c2cc(-c3n[nH]c(C(F)(F)F)n3)cnc2CN2CCC(c3cccc4c3O[C@](C)(c3ccc(Cl)cc3F)O4)CC2)C1. The average molecular weight is 682 g/mol. The van der Waals surface area contributed by atoms with Gasteiger partial charge < -0.3 is 14.4 Å². The molecule has 250 valence electrons. The number of hydrogen-bond acceptors (Lipinski definition) is 8. The maximum absolute atomic E-state index is 14.9. The van der Waals surface area contributed by atoms with Crippen LogP contribution >= 0.6 is 11.6 Å². The van der Waals surface area contributed by atoms with Crippen molar-refractivity contribution < 1.29 is 27.0 Å². The second-order valence-electron chi connectivity index (χ2n) is 13.0. The molecule has 7 rings (SSSR count). The quantitative estimate of drug-likeness (QED) is 0.210. The van der Waals surface area contributed by atoms with E-state index in [0.29, 0.717) is 43.1 Å². The Bertz CT molecular complexity index is 1900. The summed E-state index contributed by atoms with van der Waals surface area (Å²) in [6.45, 7) is 6.73. The summed E-state index contributed by atoms with van der Waals surface area (Å²) >= 11 is 5.97. The zero-order valence-electron chi connectivity index (χ0n) is 26.2. The number of ether oxygens (including phenoxy) is 2. The van der Waals surface area contributed by atoms with Gasteiger partial charge in [0.15, 0.2) is 17.3 Å². The van der Waals surface area contributed by atoms with Crippen LogP contribution in [-0.4, -0.2) is 51.2 Å². The van der Waals surface area contributed by atoms with Crippen LogP contribution in [0.4, 0.5) is 23.2 Å². The number of piperidine rings is 1. The van der Waals surface area contributed by atoms with Crippen LogP contribution in [0.5, 0.6) is 11.5 Å². The molecule has 0 radical (unpaired) electrons.